The quantitative estimate of drug-likeness (QED) is 0.755. The van der Waals surface area contributed by atoms with Crippen LogP contribution in [-0.4, -0.2) is 27.8 Å². The van der Waals surface area contributed by atoms with Crippen LogP contribution in [-0.2, 0) is 14.6 Å². The van der Waals surface area contributed by atoms with Crippen LogP contribution in [0.25, 0.3) is 0 Å². The maximum absolute atomic E-state index is 11.2. The fourth-order valence-corrected chi connectivity index (χ4v) is 3.07. The molecule has 0 aromatic carbocycles. The van der Waals surface area contributed by atoms with Gasteiger partial charge in [0.15, 0.2) is 9.84 Å². The minimum atomic E-state index is -3.38. The van der Waals surface area contributed by atoms with Crippen LogP contribution in [0.2, 0.25) is 0 Å². The predicted molar refractivity (Wildman–Crippen MR) is 53.2 cm³/mol. The van der Waals surface area contributed by atoms with E-state index in [1.54, 1.807) is 0 Å². The number of thiophene rings is 1. The number of esters is 1. The van der Waals surface area contributed by atoms with Crippen molar-refractivity contribution >= 4 is 32.8 Å². The average Bonchev–Trinajstić information content (AvgIpc) is 2.45. The normalized spacial score (nSPS) is 11.3. The Bertz CT molecular complexity index is 460. The first-order chi connectivity index (χ1) is 6.38. The lowest BCUT2D eigenvalue weighted by Crippen LogP contribution is -2.05. The highest BCUT2D eigenvalue weighted by Crippen LogP contribution is 2.29. The Morgan fingerprint density at radius 1 is 1.57 bits per heavy atom. The van der Waals surface area contributed by atoms with Crippen molar-refractivity contribution in [3.05, 3.63) is 10.3 Å². The summed E-state index contributed by atoms with van der Waals surface area (Å²) in [5.74, 6) is -0.623. The smallest absolute Gasteiger partial charge is 0.350 e. The van der Waals surface area contributed by atoms with Gasteiger partial charge in [0.2, 0.25) is 0 Å². The summed E-state index contributed by atoms with van der Waals surface area (Å²) in [4.78, 5) is 11.2. The van der Waals surface area contributed by atoms with Crippen molar-refractivity contribution in [2.24, 2.45) is 0 Å². The van der Waals surface area contributed by atoms with E-state index in [0.717, 1.165) is 17.6 Å². The maximum atomic E-state index is 11.2. The molecule has 7 heteroatoms. The second kappa shape index (κ2) is 3.58. The Morgan fingerprint density at radius 3 is 2.50 bits per heavy atom. The molecule has 0 fully saturated rings. The Morgan fingerprint density at radius 2 is 2.14 bits per heavy atom. The number of carbonyl (C=O) groups excluding carboxylic acids is 1. The minimum Gasteiger partial charge on any atom is -0.465 e. The third kappa shape index (κ3) is 1.88. The number of anilines is 1. The number of nitrogens with two attached hydrogens (primary N) is 1. The van der Waals surface area contributed by atoms with Gasteiger partial charge in [-0.05, 0) is 0 Å². The first-order valence-corrected chi connectivity index (χ1v) is 6.30. The summed E-state index contributed by atoms with van der Waals surface area (Å²) < 4.78 is 26.7. The topological polar surface area (TPSA) is 86.5 Å². The third-order valence-corrected chi connectivity index (χ3v) is 3.83. The van der Waals surface area contributed by atoms with E-state index in [1.165, 1.54) is 12.5 Å². The zero-order valence-corrected chi connectivity index (χ0v) is 9.24. The van der Waals surface area contributed by atoms with Crippen molar-refractivity contribution < 1.29 is 17.9 Å². The lowest BCUT2D eigenvalue weighted by Gasteiger charge is -1.98. The second-order valence-electron chi connectivity index (χ2n) is 2.61. The highest BCUT2D eigenvalue weighted by molar-refractivity contribution is 7.91. The van der Waals surface area contributed by atoms with Crippen molar-refractivity contribution in [3.63, 3.8) is 0 Å². The molecule has 1 aromatic heterocycles. The molecule has 0 atom stereocenters. The van der Waals surface area contributed by atoms with Gasteiger partial charge in [0.25, 0.3) is 0 Å². The molecule has 0 bridgehead atoms. The van der Waals surface area contributed by atoms with E-state index in [9.17, 15) is 13.2 Å². The van der Waals surface area contributed by atoms with Crippen molar-refractivity contribution in [2.75, 3.05) is 19.1 Å². The van der Waals surface area contributed by atoms with Crippen LogP contribution in [0.1, 0.15) is 9.67 Å². The van der Waals surface area contributed by atoms with Gasteiger partial charge in [0, 0.05) is 11.6 Å². The average molecular weight is 235 g/mol. The van der Waals surface area contributed by atoms with E-state index in [-0.39, 0.29) is 15.5 Å². The minimum absolute atomic E-state index is 0.0251. The zero-order valence-electron chi connectivity index (χ0n) is 7.60. The van der Waals surface area contributed by atoms with Crippen LogP contribution in [0.5, 0.6) is 0 Å². The molecule has 1 aromatic rings. The van der Waals surface area contributed by atoms with E-state index in [0.29, 0.717) is 0 Å². The van der Waals surface area contributed by atoms with Gasteiger partial charge >= 0.3 is 5.97 Å². The molecule has 0 aliphatic carbocycles. The van der Waals surface area contributed by atoms with E-state index < -0.39 is 15.8 Å². The highest BCUT2D eigenvalue weighted by atomic mass is 32.2. The number of hydrogen-bond donors (Lipinski definition) is 1. The van der Waals surface area contributed by atoms with Crippen LogP contribution < -0.4 is 5.73 Å². The number of methoxy groups -OCH3 is 1. The van der Waals surface area contributed by atoms with Crippen LogP contribution in [0, 0.1) is 0 Å². The first-order valence-electron chi connectivity index (χ1n) is 3.53. The standard InChI is InChI=1S/C7H9NO4S2/c1-12-7(9)6-5(8)4(3-13-6)14(2,10)11/h3H,8H2,1-2H3. The molecular weight excluding hydrogens is 226 g/mol. The van der Waals surface area contributed by atoms with Gasteiger partial charge in [-0.25, -0.2) is 13.2 Å². The molecule has 0 radical (unpaired) electrons. The number of carbonyl (C=O) groups is 1. The summed E-state index contributed by atoms with van der Waals surface area (Å²) in [5, 5.41) is 1.33. The highest BCUT2D eigenvalue weighted by Gasteiger charge is 2.21. The van der Waals surface area contributed by atoms with Crippen LogP contribution in [0.4, 0.5) is 5.69 Å². The number of ether oxygens (including phenoxy) is 1. The maximum Gasteiger partial charge on any atom is 0.350 e. The van der Waals surface area contributed by atoms with E-state index in [2.05, 4.69) is 4.74 Å². The van der Waals surface area contributed by atoms with Gasteiger partial charge < -0.3 is 10.5 Å². The molecule has 0 unspecified atom stereocenters. The molecule has 2 N–H and O–H groups in total. The van der Waals surface area contributed by atoms with Gasteiger partial charge in [-0.1, -0.05) is 0 Å². The summed E-state index contributed by atoms with van der Waals surface area (Å²) in [5.41, 5.74) is 5.46. The van der Waals surface area contributed by atoms with Crippen molar-refractivity contribution in [1.29, 1.82) is 0 Å². The summed E-state index contributed by atoms with van der Waals surface area (Å²) in [6.45, 7) is 0. The fourth-order valence-electron chi connectivity index (χ4n) is 0.889. The molecule has 0 saturated heterocycles. The number of rotatable bonds is 2. The van der Waals surface area contributed by atoms with E-state index in [4.69, 9.17) is 5.73 Å². The SMILES string of the molecule is COC(=O)c1scc(S(C)(=O)=O)c1N. The number of sulfone groups is 1. The molecule has 78 valence electrons. The van der Waals surface area contributed by atoms with Gasteiger partial charge in [-0.3, -0.25) is 0 Å². The summed E-state index contributed by atoms with van der Waals surface area (Å²) in [6.07, 6.45) is 1.03. The molecule has 0 aliphatic heterocycles. The number of nitrogen functional groups attached to an aromatic ring is 1. The monoisotopic (exact) mass is 235 g/mol. The summed E-state index contributed by atoms with van der Waals surface area (Å²) >= 11 is 0.957. The lowest BCUT2D eigenvalue weighted by molar-refractivity contribution is 0.0607. The molecule has 1 heterocycles. The van der Waals surface area contributed by atoms with Crippen LogP contribution in [0.15, 0.2) is 10.3 Å². The fraction of sp³-hybridized carbons (Fsp3) is 0.286. The molecule has 0 saturated carbocycles. The van der Waals surface area contributed by atoms with Crippen molar-refractivity contribution in [1.82, 2.24) is 0 Å². The number of hydrogen-bond acceptors (Lipinski definition) is 6. The van der Waals surface area contributed by atoms with E-state index >= 15 is 0 Å². The van der Waals surface area contributed by atoms with Gasteiger partial charge in [0.05, 0.1) is 12.8 Å². The summed E-state index contributed by atoms with van der Waals surface area (Å²) in [7, 11) is -2.17. The molecule has 5 nitrogen and oxygen atoms in total. The van der Waals surface area contributed by atoms with Crippen LogP contribution >= 0.6 is 11.3 Å². The Hall–Kier alpha value is -1.08. The zero-order chi connectivity index (χ0) is 10.9. The predicted octanol–water partition coefficient (Wildman–Crippen LogP) is 0.520. The second-order valence-corrected chi connectivity index (χ2v) is 5.47. The van der Waals surface area contributed by atoms with Gasteiger partial charge in [0.1, 0.15) is 9.77 Å². The van der Waals surface area contributed by atoms with Gasteiger partial charge in [-0.2, -0.15) is 0 Å². The largest absolute Gasteiger partial charge is 0.465 e. The first kappa shape index (κ1) is 11.0. The molecular formula is C7H9NO4S2. The van der Waals surface area contributed by atoms with E-state index in [1.807, 2.05) is 0 Å². The Labute approximate surface area is 85.4 Å². The molecule has 14 heavy (non-hydrogen) atoms. The summed E-state index contributed by atoms with van der Waals surface area (Å²) in [6, 6.07) is 0. The third-order valence-electron chi connectivity index (χ3n) is 1.56. The lowest BCUT2D eigenvalue weighted by atomic mass is 10.4. The Kier molecular flexibility index (Phi) is 2.81. The molecule has 0 aliphatic rings. The van der Waals surface area contributed by atoms with Crippen LogP contribution in [0.3, 0.4) is 0 Å². The Balaban J connectivity index is 3.29. The van der Waals surface area contributed by atoms with Crippen molar-refractivity contribution in [3.8, 4) is 0 Å². The van der Waals surface area contributed by atoms with Crippen molar-refractivity contribution in [2.45, 2.75) is 4.90 Å². The molecule has 1 rings (SSSR count). The van der Waals surface area contributed by atoms with Gasteiger partial charge in [-0.15, -0.1) is 11.3 Å². The molecule has 0 spiro atoms. The molecule has 0 amide bonds.